The molecule has 0 unspecified atom stereocenters. The van der Waals surface area contributed by atoms with Crippen LogP contribution in [0.2, 0.25) is 0 Å². The third-order valence-corrected chi connectivity index (χ3v) is 6.69. The smallest absolute Gasteiger partial charge is 0.169 e. The largest absolute Gasteiger partial charge is 0.370 e. The predicted octanol–water partition coefficient (Wildman–Crippen LogP) is 2.15. The Kier molecular flexibility index (Phi) is 4.99. The summed E-state index contributed by atoms with van der Waals surface area (Å²) in [4.78, 5) is 0. The van der Waals surface area contributed by atoms with E-state index >= 15 is 0 Å². The second-order valence-electron chi connectivity index (χ2n) is 8.95. The molecule has 4 heteroatoms. The number of pyridine rings is 2. The first kappa shape index (κ1) is 20.4. The zero-order valence-electron chi connectivity index (χ0n) is 19.5. The van der Waals surface area contributed by atoms with Crippen molar-refractivity contribution in [2.45, 2.75) is 0 Å². The van der Waals surface area contributed by atoms with Gasteiger partial charge in [0.05, 0.1) is 0 Å². The number of nitrogens with one attached hydrogen (secondary N) is 2. The average Bonchev–Trinajstić information content (AvgIpc) is 3.40. The molecular formula is C30H28N4+2. The van der Waals surface area contributed by atoms with Gasteiger partial charge in [-0.05, 0) is 43.5 Å². The van der Waals surface area contributed by atoms with Crippen LogP contribution in [0.5, 0.6) is 0 Å². The number of aryl methyl sites for hydroxylation is 2. The lowest BCUT2D eigenvalue weighted by Gasteiger charge is -2.14. The summed E-state index contributed by atoms with van der Waals surface area (Å²) in [6.45, 7) is 1.89. The first-order chi connectivity index (χ1) is 16.7. The Balaban J connectivity index is 1.91. The minimum atomic E-state index is 0.944. The van der Waals surface area contributed by atoms with Gasteiger partial charge in [-0.3, -0.25) is 0 Å². The van der Waals surface area contributed by atoms with Gasteiger partial charge in [-0.1, -0.05) is 48.5 Å². The number of hydrogen-bond acceptors (Lipinski definition) is 2. The molecule has 0 saturated carbocycles. The van der Waals surface area contributed by atoms with Gasteiger partial charge >= 0.3 is 0 Å². The van der Waals surface area contributed by atoms with E-state index in [-0.39, 0.29) is 0 Å². The lowest BCUT2D eigenvalue weighted by molar-refractivity contribution is -0.671. The van der Waals surface area contributed by atoms with Gasteiger partial charge in [0.25, 0.3) is 0 Å². The van der Waals surface area contributed by atoms with Crippen molar-refractivity contribution in [1.82, 2.24) is 10.6 Å². The zero-order valence-corrected chi connectivity index (χ0v) is 19.5. The Morgan fingerprint density at radius 2 is 1.00 bits per heavy atom. The van der Waals surface area contributed by atoms with Gasteiger partial charge in [0.2, 0.25) is 0 Å². The van der Waals surface area contributed by atoms with E-state index in [1.807, 2.05) is 0 Å². The van der Waals surface area contributed by atoms with Gasteiger partial charge in [0.15, 0.2) is 24.8 Å². The molecule has 1 aliphatic rings. The van der Waals surface area contributed by atoms with Gasteiger partial charge in [0.1, 0.15) is 19.9 Å². The molecular weight excluding hydrogens is 416 g/mol. The zero-order chi connectivity index (χ0) is 23.1. The predicted molar refractivity (Wildman–Crippen MR) is 137 cm³/mol. The summed E-state index contributed by atoms with van der Waals surface area (Å²) in [5, 5.41) is 14.7. The van der Waals surface area contributed by atoms with Crippen molar-refractivity contribution < 1.29 is 9.13 Å². The highest BCUT2D eigenvalue weighted by Crippen LogP contribution is 2.23. The van der Waals surface area contributed by atoms with Gasteiger partial charge in [-0.15, -0.1) is 0 Å². The molecule has 0 spiro atoms. The number of rotatable bonds is 2. The van der Waals surface area contributed by atoms with E-state index in [2.05, 4.69) is 131 Å². The third-order valence-electron chi connectivity index (χ3n) is 6.69. The Labute approximate surface area is 199 Å². The van der Waals surface area contributed by atoms with Crippen LogP contribution in [0.1, 0.15) is 11.1 Å². The standard InChI is InChI=1S/C30H27N4/c1-33-17-11-21(12-18-33)27(22-13-19-34(2)20-14-22)28-23-7-3-5-9-25(23)29(30-31-15-16-32-30)26-10-6-4-8-24(26)28/h3-14,17-20H,15-16H2,1-2H3,(H,31,32)/q+1/p+1. The van der Waals surface area contributed by atoms with Crippen molar-refractivity contribution >= 4 is 32.9 Å². The van der Waals surface area contributed by atoms with Gasteiger partial charge < -0.3 is 10.6 Å². The quantitative estimate of drug-likeness (QED) is 0.323. The minimum absolute atomic E-state index is 0.944. The fraction of sp³-hybridized carbons (Fsp3) is 0.133. The maximum absolute atomic E-state index is 3.57. The summed E-state index contributed by atoms with van der Waals surface area (Å²) in [7, 11) is 4.12. The lowest BCUT2D eigenvalue weighted by atomic mass is 9.90. The highest BCUT2D eigenvalue weighted by Gasteiger charge is 2.17. The van der Waals surface area contributed by atoms with Crippen molar-refractivity contribution in [3.63, 3.8) is 0 Å². The summed E-state index contributed by atoms with van der Waals surface area (Å²) in [6, 6.07) is 26.5. The van der Waals surface area contributed by atoms with Crippen LogP contribution >= 0.6 is 0 Å². The molecule has 0 amide bonds. The van der Waals surface area contributed by atoms with Crippen LogP contribution < -0.4 is 30.2 Å². The monoisotopic (exact) mass is 444 g/mol. The maximum Gasteiger partial charge on any atom is 0.169 e. The summed E-state index contributed by atoms with van der Waals surface area (Å²) >= 11 is 0. The molecule has 0 aliphatic carbocycles. The third kappa shape index (κ3) is 3.39. The summed E-state index contributed by atoms with van der Waals surface area (Å²) < 4.78 is 4.17. The van der Waals surface area contributed by atoms with Gasteiger partial charge in [0, 0.05) is 42.6 Å². The number of nitrogens with zero attached hydrogens (tertiary/aromatic N) is 2. The summed E-state index contributed by atoms with van der Waals surface area (Å²) in [5.41, 5.74) is 3.66. The highest BCUT2D eigenvalue weighted by atomic mass is 15.2. The number of benzene rings is 3. The molecule has 1 fully saturated rings. The Morgan fingerprint density at radius 1 is 0.588 bits per heavy atom. The van der Waals surface area contributed by atoms with Crippen LogP contribution in [0, 0.1) is 0 Å². The molecule has 1 aliphatic heterocycles. The summed E-state index contributed by atoms with van der Waals surface area (Å²) in [6.07, 6.45) is 8.50. The van der Waals surface area contributed by atoms with Crippen molar-refractivity contribution in [3.05, 3.63) is 119 Å². The van der Waals surface area contributed by atoms with Crippen LogP contribution in [-0.4, -0.2) is 13.1 Å². The fourth-order valence-corrected chi connectivity index (χ4v) is 5.07. The molecule has 3 aromatic carbocycles. The Bertz CT molecular complexity index is 1530. The molecule has 5 aromatic rings. The molecule has 166 valence electrons. The normalized spacial score (nSPS) is 13.2. The van der Waals surface area contributed by atoms with Crippen LogP contribution in [0.3, 0.4) is 0 Å². The van der Waals surface area contributed by atoms with Crippen LogP contribution in [0.4, 0.5) is 0 Å². The van der Waals surface area contributed by atoms with E-state index in [4.69, 9.17) is 0 Å². The SMILES string of the molecule is C[n+]1ccc(C(c2cc[n+](C)cc2)=c2c3ccccc3c(=C3NCCN3)c3ccccc23)cc1. The topological polar surface area (TPSA) is 31.8 Å². The van der Waals surface area contributed by atoms with E-state index in [0.29, 0.717) is 0 Å². The molecule has 6 rings (SSSR count). The molecule has 2 N–H and O–H groups in total. The minimum Gasteiger partial charge on any atom is -0.370 e. The van der Waals surface area contributed by atoms with Crippen molar-refractivity contribution in [1.29, 1.82) is 0 Å². The van der Waals surface area contributed by atoms with Crippen LogP contribution in [-0.2, 0) is 14.1 Å². The Morgan fingerprint density at radius 3 is 1.44 bits per heavy atom. The van der Waals surface area contributed by atoms with E-state index in [1.54, 1.807) is 0 Å². The van der Waals surface area contributed by atoms with Crippen LogP contribution in [0.15, 0.2) is 97.6 Å². The van der Waals surface area contributed by atoms with E-state index in [9.17, 15) is 0 Å². The Hall–Kier alpha value is -4.18. The molecule has 0 atom stereocenters. The molecule has 2 aromatic heterocycles. The van der Waals surface area contributed by atoms with Crippen molar-refractivity contribution in [3.8, 4) is 0 Å². The van der Waals surface area contributed by atoms with Crippen LogP contribution in [0.25, 0.3) is 32.9 Å². The summed E-state index contributed by atoms with van der Waals surface area (Å²) in [5.74, 6) is 1.12. The van der Waals surface area contributed by atoms with Crippen molar-refractivity contribution in [2.24, 2.45) is 14.1 Å². The van der Waals surface area contributed by atoms with E-state index in [0.717, 1.165) is 18.9 Å². The molecule has 3 heterocycles. The number of hydrogen-bond donors (Lipinski definition) is 2. The maximum atomic E-state index is 3.57. The van der Waals surface area contributed by atoms with Gasteiger partial charge in [-0.25, -0.2) is 9.13 Å². The molecule has 4 nitrogen and oxygen atoms in total. The fourth-order valence-electron chi connectivity index (χ4n) is 5.07. The van der Waals surface area contributed by atoms with Gasteiger partial charge in [-0.2, -0.15) is 0 Å². The first-order valence-corrected chi connectivity index (χ1v) is 11.8. The second-order valence-corrected chi connectivity index (χ2v) is 8.95. The lowest BCUT2D eigenvalue weighted by Crippen LogP contribution is -2.28. The van der Waals surface area contributed by atoms with E-state index < -0.39 is 0 Å². The molecule has 34 heavy (non-hydrogen) atoms. The second kappa shape index (κ2) is 8.31. The first-order valence-electron chi connectivity index (χ1n) is 11.8. The number of fused-ring (bicyclic) bond motifs is 2. The molecule has 1 saturated heterocycles. The molecule has 0 bridgehead atoms. The number of aromatic nitrogens is 2. The molecule has 0 radical (unpaired) electrons. The average molecular weight is 445 g/mol. The van der Waals surface area contributed by atoms with E-state index in [1.165, 1.54) is 48.7 Å². The highest BCUT2D eigenvalue weighted by molar-refractivity contribution is 6.04. The van der Waals surface area contributed by atoms with Crippen molar-refractivity contribution in [2.75, 3.05) is 13.1 Å².